The highest BCUT2D eigenvalue weighted by atomic mass is 79.9. The molecule has 0 radical (unpaired) electrons. The largest absolute Gasteiger partial charge is 0.316 e. The molecule has 0 spiro atoms. The van der Waals surface area contributed by atoms with Crippen molar-refractivity contribution >= 4 is 39.9 Å². The maximum atomic E-state index is 11.5. The van der Waals surface area contributed by atoms with Crippen LogP contribution in [-0.2, 0) is 4.79 Å². The van der Waals surface area contributed by atoms with Gasteiger partial charge in [-0.25, -0.2) is 0 Å². The van der Waals surface area contributed by atoms with Crippen molar-refractivity contribution in [2.45, 2.75) is 6.04 Å². The van der Waals surface area contributed by atoms with E-state index in [9.17, 15) is 4.79 Å². The molecule has 2 N–H and O–H groups in total. The van der Waals surface area contributed by atoms with Gasteiger partial charge in [0.15, 0.2) is 0 Å². The summed E-state index contributed by atoms with van der Waals surface area (Å²) in [6.45, 7) is 0. The van der Waals surface area contributed by atoms with Crippen molar-refractivity contribution in [3.8, 4) is 0 Å². The topological polar surface area (TPSA) is 46.3 Å². The number of nitrogens with two attached hydrogens (primary N) is 1. The molecule has 1 aliphatic heterocycles. The highest BCUT2D eigenvalue weighted by Gasteiger charge is 2.31. The highest BCUT2D eigenvalue weighted by Crippen LogP contribution is 2.34. The molecule has 0 fully saturated rings. The Morgan fingerprint density at radius 1 is 1.50 bits per heavy atom. The molecule has 1 aromatic carbocycles. The van der Waals surface area contributed by atoms with Gasteiger partial charge in [0.1, 0.15) is 6.04 Å². The minimum atomic E-state index is -0.502. The van der Waals surface area contributed by atoms with Gasteiger partial charge in [0.05, 0.1) is 0 Å². The van der Waals surface area contributed by atoms with Gasteiger partial charge in [0, 0.05) is 22.8 Å². The second-order valence-electron chi connectivity index (χ2n) is 3.08. The van der Waals surface area contributed by atoms with Crippen LogP contribution in [-0.4, -0.2) is 13.0 Å². The van der Waals surface area contributed by atoms with E-state index in [0.29, 0.717) is 0 Å². The van der Waals surface area contributed by atoms with Crippen molar-refractivity contribution in [1.82, 2.24) is 0 Å². The molecule has 0 saturated heterocycles. The average Bonchev–Trinajstić information content (AvgIpc) is 2.32. The first-order valence-electron chi connectivity index (χ1n) is 3.94. The second kappa shape index (κ2) is 3.88. The van der Waals surface area contributed by atoms with Crippen molar-refractivity contribution in [3.63, 3.8) is 0 Å². The molecule has 1 heterocycles. The summed E-state index contributed by atoms with van der Waals surface area (Å²) in [5, 5.41) is 0. The first-order chi connectivity index (χ1) is 6.11. The van der Waals surface area contributed by atoms with Gasteiger partial charge in [-0.3, -0.25) is 4.79 Å². The molecule has 0 saturated carbocycles. The summed E-state index contributed by atoms with van der Waals surface area (Å²) in [5.74, 6) is -0.0481. The fourth-order valence-electron chi connectivity index (χ4n) is 1.54. The Hall–Kier alpha value is -0.580. The Kier molecular flexibility index (Phi) is 3.19. The fourth-order valence-corrected chi connectivity index (χ4v) is 1.92. The lowest BCUT2D eigenvalue weighted by molar-refractivity contribution is -0.118. The quantitative estimate of drug-likeness (QED) is 0.786. The van der Waals surface area contributed by atoms with E-state index in [4.69, 9.17) is 5.73 Å². The summed E-state index contributed by atoms with van der Waals surface area (Å²) >= 11 is 3.35. The third kappa shape index (κ3) is 1.54. The van der Waals surface area contributed by atoms with Crippen molar-refractivity contribution in [2.24, 2.45) is 5.73 Å². The smallest absolute Gasteiger partial charge is 0.248 e. The zero-order valence-electron chi connectivity index (χ0n) is 7.53. The molecule has 0 aliphatic carbocycles. The first-order valence-corrected chi connectivity index (χ1v) is 4.73. The van der Waals surface area contributed by atoms with Crippen molar-refractivity contribution in [2.75, 3.05) is 11.9 Å². The summed E-state index contributed by atoms with van der Waals surface area (Å²) in [7, 11) is 1.74. The summed E-state index contributed by atoms with van der Waals surface area (Å²) in [6, 6.07) is 5.18. The number of anilines is 1. The van der Waals surface area contributed by atoms with Crippen LogP contribution in [0, 0.1) is 0 Å². The molecule has 1 amide bonds. The van der Waals surface area contributed by atoms with Crippen LogP contribution >= 0.6 is 28.3 Å². The summed E-state index contributed by atoms with van der Waals surface area (Å²) in [5.41, 5.74) is 7.53. The Labute approximate surface area is 96.8 Å². The normalized spacial score (nSPS) is 19.2. The molecular weight excluding hydrogens is 267 g/mol. The molecule has 2 rings (SSSR count). The standard InChI is InChI=1S/C9H9BrN2O.ClH/c1-12-7-3-2-5(10)4-6(7)8(11)9(12)13;/h2-4,8H,11H2,1H3;1H. The lowest BCUT2D eigenvalue weighted by atomic mass is 10.1. The number of rotatable bonds is 0. The van der Waals surface area contributed by atoms with Gasteiger partial charge in [-0.15, -0.1) is 12.4 Å². The minimum Gasteiger partial charge on any atom is -0.316 e. The number of hydrogen-bond donors (Lipinski definition) is 1. The van der Waals surface area contributed by atoms with E-state index in [1.807, 2.05) is 18.2 Å². The van der Waals surface area contributed by atoms with Crippen LogP contribution in [0.5, 0.6) is 0 Å². The third-order valence-electron chi connectivity index (χ3n) is 2.28. The lowest BCUT2D eigenvalue weighted by Gasteiger charge is -2.08. The van der Waals surface area contributed by atoms with Crippen molar-refractivity contribution < 1.29 is 4.79 Å². The number of amides is 1. The molecule has 1 aromatic rings. The van der Waals surface area contributed by atoms with Crippen LogP contribution in [0.3, 0.4) is 0 Å². The zero-order chi connectivity index (χ0) is 9.59. The zero-order valence-corrected chi connectivity index (χ0v) is 9.93. The number of carbonyl (C=O) groups is 1. The molecule has 14 heavy (non-hydrogen) atoms. The SMILES string of the molecule is CN1C(=O)C(N)c2cc(Br)ccc21.Cl. The van der Waals surface area contributed by atoms with Crippen molar-refractivity contribution in [3.05, 3.63) is 28.2 Å². The molecular formula is C9H10BrClN2O. The van der Waals surface area contributed by atoms with E-state index in [0.717, 1.165) is 15.7 Å². The predicted molar refractivity (Wildman–Crippen MR) is 61.7 cm³/mol. The number of carbonyl (C=O) groups excluding carboxylic acids is 1. The van der Waals surface area contributed by atoms with Gasteiger partial charge < -0.3 is 10.6 Å². The molecule has 1 atom stereocenters. The Morgan fingerprint density at radius 2 is 2.14 bits per heavy atom. The number of likely N-dealkylation sites (N-methyl/N-ethyl adjacent to an activating group) is 1. The molecule has 0 aromatic heterocycles. The van der Waals surface area contributed by atoms with Crippen LogP contribution in [0.4, 0.5) is 5.69 Å². The van der Waals surface area contributed by atoms with Crippen LogP contribution in [0.1, 0.15) is 11.6 Å². The number of halogens is 2. The first kappa shape index (κ1) is 11.5. The van der Waals surface area contributed by atoms with Gasteiger partial charge in [0.2, 0.25) is 5.91 Å². The van der Waals surface area contributed by atoms with Gasteiger partial charge in [-0.05, 0) is 18.2 Å². The number of nitrogens with zero attached hydrogens (tertiary/aromatic N) is 1. The van der Waals surface area contributed by atoms with E-state index < -0.39 is 6.04 Å². The summed E-state index contributed by atoms with van der Waals surface area (Å²) < 4.78 is 0.949. The van der Waals surface area contributed by atoms with Gasteiger partial charge in [-0.2, -0.15) is 0 Å². The van der Waals surface area contributed by atoms with E-state index >= 15 is 0 Å². The Morgan fingerprint density at radius 3 is 2.79 bits per heavy atom. The third-order valence-corrected chi connectivity index (χ3v) is 2.78. The van der Waals surface area contributed by atoms with Gasteiger partial charge in [0.25, 0.3) is 0 Å². The van der Waals surface area contributed by atoms with Gasteiger partial charge in [-0.1, -0.05) is 15.9 Å². The van der Waals surface area contributed by atoms with E-state index in [-0.39, 0.29) is 18.3 Å². The van der Waals surface area contributed by atoms with Crippen LogP contribution in [0.15, 0.2) is 22.7 Å². The molecule has 1 unspecified atom stereocenters. The predicted octanol–water partition coefficient (Wildman–Crippen LogP) is 1.85. The molecule has 1 aliphatic rings. The molecule has 5 heteroatoms. The minimum absolute atomic E-state index is 0. The van der Waals surface area contributed by atoms with Crippen LogP contribution in [0.25, 0.3) is 0 Å². The lowest BCUT2D eigenvalue weighted by Crippen LogP contribution is -2.27. The van der Waals surface area contributed by atoms with Crippen molar-refractivity contribution in [1.29, 1.82) is 0 Å². The maximum Gasteiger partial charge on any atom is 0.248 e. The monoisotopic (exact) mass is 276 g/mol. The maximum absolute atomic E-state index is 11.5. The fraction of sp³-hybridized carbons (Fsp3) is 0.222. The van der Waals surface area contributed by atoms with Crippen LogP contribution < -0.4 is 10.6 Å². The molecule has 0 bridgehead atoms. The molecule has 3 nitrogen and oxygen atoms in total. The van der Waals surface area contributed by atoms with Crippen LogP contribution in [0.2, 0.25) is 0 Å². The summed E-state index contributed by atoms with van der Waals surface area (Å²) in [4.78, 5) is 13.0. The molecule has 76 valence electrons. The highest BCUT2D eigenvalue weighted by molar-refractivity contribution is 9.10. The van der Waals surface area contributed by atoms with E-state index in [1.165, 1.54) is 0 Å². The number of fused-ring (bicyclic) bond motifs is 1. The van der Waals surface area contributed by atoms with E-state index in [2.05, 4.69) is 15.9 Å². The average molecular weight is 278 g/mol. The van der Waals surface area contributed by atoms with E-state index in [1.54, 1.807) is 11.9 Å². The Bertz CT molecular complexity index is 383. The Balaban J connectivity index is 0.000000980. The summed E-state index contributed by atoms with van der Waals surface area (Å²) in [6.07, 6.45) is 0. The number of hydrogen-bond acceptors (Lipinski definition) is 2. The second-order valence-corrected chi connectivity index (χ2v) is 3.99. The van der Waals surface area contributed by atoms with Gasteiger partial charge >= 0.3 is 0 Å². The number of benzene rings is 1.